The number of imidazole rings is 1. The van der Waals surface area contributed by atoms with Crippen LogP contribution >= 0.6 is 0 Å². The van der Waals surface area contributed by atoms with Crippen LogP contribution in [0, 0.1) is 11.7 Å². The van der Waals surface area contributed by atoms with Crippen molar-refractivity contribution < 1.29 is 14.3 Å². The summed E-state index contributed by atoms with van der Waals surface area (Å²) in [6.45, 7) is 2.63. The maximum absolute atomic E-state index is 13.5. The van der Waals surface area contributed by atoms with Gasteiger partial charge in [0, 0.05) is 56.0 Å². The molecule has 36 heavy (non-hydrogen) atoms. The number of likely N-dealkylation sites (N-methyl/N-ethyl adjacent to an activating group) is 1. The monoisotopic (exact) mass is 485 g/mol. The highest BCUT2D eigenvalue weighted by Crippen LogP contribution is 2.36. The number of carbonyl (C=O) groups excluding carboxylic acids is 1. The first kappa shape index (κ1) is 22.7. The van der Waals surface area contributed by atoms with E-state index in [1.54, 1.807) is 18.3 Å². The number of aromatic nitrogens is 3. The molecule has 4 aromatic rings. The number of aliphatic hydroxyl groups is 1. The van der Waals surface area contributed by atoms with Crippen LogP contribution < -0.4 is 4.90 Å². The van der Waals surface area contributed by atoms with Gasteiger partial charge in [-0.05, 0) is 61.0 Å². The number of anilines is 1. The van der Waals surface area contributed by atoms with Crippen LogP contribution in [0.15, 0.2) is 67.1 Å². The van der Waals surface area contributed by atoms with Gasteiger partial charge in [0.25, 0.3) is 0 Å². The van der Waals surface area contributed by atoms with Crippen molar-refractivity contribution in [3.8, 4) is 28.3 Å². The molecule has 2 aromatic heterocycles. The van der Waals surface area contributed by atoms with Gasteiger partial charge in [0.2, 0.25) is 5.91 Å². The van der Waals surface area contributed by atoms with Gasteiger partial charge in [-0.15, -0.1) is 0 Å². The lowest BCUT2D eigenvalue weighted by Gasteiger charge is -2.21. The smallest absolute Gasteiger partial charge is 0.231 e. The van der Waals surface area contributed by atoms with Gasteiger partial charge in [0.05, 0.1) is 23.9 Å². The maximum Gasteiger partial charge on any atom is 0.231 e. The number of amides is 1. The second-order valence-corrected chi connectivity index (χ2v) is 9.64. The number of fused-ring (bicyclic) bond motifs is 5. The van der Waals surface area contributed by atoms with Crippen molar-refractivity contribution in [1.82, 2.24) is 19.0 Å². The van der Waals surface area contributed by atoms with Gasteiger partial charge in [-0.2, -0.15) is 0 Å². The lowest BCUT2D eigenvalue weighted by atomic mass is 10.1. The van der Waals surface area contributed by atoms with E-state index in [1.807, 2.05) is 29.1 Å². The summed E-state index contributed by atoms with van der Waals surface area (Å²) in [5, 5.41) is 9.18. The Labute approximate surface area is 209 Å². The zero-order chi connectivity index (χ0) is 24.8. The molecule has 7 nitrogen and oxygen atoms in total. The Bertz CT molecular complexity index is 1420. The predicted octanol–water partition coefficient (Wildman–Crippen LogP) is 3.79. The first-order valence-corrected chi connectivity index (χ1v) is 12.3. The van der Waals surface area contributed by atoms with E-state index >= 15 is 0 Å². The molecule has 1 atom stereocenters. The molecule has 1 fully saturated rings. The zero-order valence-electron chi connectivity index (χ0n) is 20.1. The van der Waals surface area contributed by atoms with Gasteiger partial charge in [-0.3, -0.25) is 9.36 Å². The molecule has 4 heterocycles. The quantitative estimate of drug-likeness (QED) is 0.398. The van der Waals surface area contributed by atoms with Crippen LogP contribution in [0.3, 0.4) is 0 Å². The molecule has 2 aliphatic heterocycles. The number of carbonyl (C=O) groups is 1. The summed E-state index contributed by atoms with van der Waals surface area (Å²) in [5.41, 5.74) is 5.99. The molecule has 2 aromatic carbocycles. The molecular formula is C28H28FN5O2. The Hall–Kier alpha value is -3.75. The molecule has 1 saturated heterocycles. The van der Waals surface area contributed by atoms with Gasteiger partial charge >= 0.3 is 0 Å². The van der Waals surface area contributed by atoms with Crippen molar-refractivity contribution in [2.75, 3.05) is 38.2 Å². The Morgan fingerprint density at radius 2 is 1.97 bits per heavy atom. The molecule has 0 spiro atoms. The average molecular weight is 486 g/mol. The number of aliphatic hydroxyl groups excluding tert-OH is 1. The average Bonchev–Trinajstić information content (AvgIpc) is 3.58. The van der Waals surface area contributed by atoms with Crippen LogP contribution in [0.1, 0.15) is 12.0 Å². The Morgan fingerprint density at radius 3 is 2.78 bits per heavy atom. The lowest BCUT2D eigenvalue weighted by molar-refractivity contribution is -0.120. The molecule has 1 amide bonds. The second kappa shape index (κ2) is 9.04. The second-order valence-electron chi connectivity index (χ2n) is 9.64. The third-order valence-electron chi connectivity index (χ3n) is 7.25. The van der Waals surface area contributed by atoms with E-state index in [0.717, 1.165) is 46.0 Å². The van der Waals surface area contributed by atoms with Gasteiger partial charge in [0.1, 0.15) is 5.82 Å². The van der Waals surface area contributed by atoms with Crippen molar-refractivity contribution in [1.29, 1.82) is 0 Å². The van der Waals surface area contributed by atoms with Crippen molar-refractivity contribution >= 4 is 11.6 Å². The SMILES string of the molecule is CN(CCO)C[C@H]1CCN(c2ccc3c(c2)Cn2cc(-c4ccc(F)cc4)cc2-c2nccn2-3)C1=O. The summed E-state index contributed by atoms with van der Waals surface area (Å²) >= 11 is 0. The van der Waals surface area contributed by atoms with Gasteiger partial charge in [0.15, 0.2) is 5.82 Å². The summed E-state index contributed by atoms with van der Waals surface area (Å²) in [5.74, 6) is 0.668. The number of halogens is 1. The van der Waals surface area contributed by atoms with Crippen LogP contribution in [0.4, 0.5) is 10.1 Å². The fraction of sp³-hybridized carbons (Fsp3) is 0.286. The highest BCUT2D eigenvalue weighted by Gasteiger charge is 2.33. The summed E-state index contributed by atoms with van der Waals surface area (Å²) in [6.07, 6.45) is 6.64. The molecule has 0 aliphatic carbocycles. The Kier molecular flexibility index (Phi) is 5.70. The summed E-state index contributed by atoms with van der Waals surface area (Å²) in [7, 11) is 1.94. The van der Waals surface area contributed by atoms with E-state index in [-0.39, 0.29) is 24.2 Å². The van der Waals surface area contributed by atoms with E-state index in [4.69, 9.17) is 0 Å². The molecule has 0 bridgehead atoms. The highest BCUT2D eigenvalue weighted by molar-refractivity contribution is 5.97. The number of hydrogen-bond acceptors (Lipinski definition) is 4. The maximum atomic E-state index is 13.5. The van der Waals surface area contributed by atoms with Crippen LogP contribution in [0.5, 0.6) is 0 Å². The largest absolute Gasteiger partial charge is 0.395 e. The van der Waals surface area contributed by atoms with Crippen LogP contribution in [-0.4, -0.2) is 63.3 Å². The zero-order valence-corrected chi connectivity index (χ0v) is 20.1. The molecule has 0 radical (unpaired) electrons. The minimum atomic E-state index is -0.254. The number of benzene rings is 2. The fourth-order valence-corrected chi connectivity index (χ4v) is 5.40. The molecule has 8 heteroatoms. The Morgan fingerprint density at radius 1 is 1.14 bits per heavy atom. The van der Waals surface area contributed by atoms with Gasteiger partial charge < -0.3 is 19.5 Å². The lowest BCUT2D eigenvalue weighted by Crippen LogP contribution is -2.34. The van der Waals surface area contributed by atoms with Gasteiger partial charge in [-0.25, -0.2) is 9.37 Å². The number of nitrogens with zero attached hydrogens (tertiary/aromatic N) is 5. The van der Waals surface area contributed by atoms with Crippen LogP contribution in [0.25, 0.3) is 28.3 Å². The van der Waals surface area contributed by atoms with E-state index in [1.165, 1.54) is 12.1 Å². The minimum absolute atomic E-state index is 0.0602. The van der Waals surface area contributed by atoms with Crippen LogP contribution in [0.2, 0.25) is 0 Å². The van der Waals surface area contributed by atoms with E-state index in [9.17, 15) is 14.3 Å². The standard InChI is InChI=1S/C28H28FN5O2/c1-31(12-13-35)16-20-8-10-33(28(20)36)24-6-7-25-22(14-24)18-32-17-21(19-2-4-23(29)5-3-19)15-26(32)27-30-9-11-34(25)27/h2-7,9,11,14-15,17,20,35H,8,10,12-13,16,18H2,1H3/t20-/m1/s1. The normalized spacial score (nSPS) is 16.7. The van der Waals surface area contributed by atoms with Crippen molar-refractivity contribution in [2.45, 2.75) is 13.0 Å². The van der Waals surface area contributed by atoms with E-state index < -0.39 is 0 Å². The molecular weight excluding hydrogens is 457 g/mol. The first-order chi connectivity index (χ1) is 17.5. The third kappa shape index (κ3) is 3.92. The first-order valence-electron chi connectivity index (χ1n) is 12.3. The molecule has 6 rings (SSSR count). The minimum Gasteiger partial charge on any atom is -0.395 e. The highest BCUT2D eigenvalue weighted by atomic mass is 19.1. The van der Waals surface area contributed by atoms with Crippen molar-refractivity contribution in [3.05, 3.63) is 78.5 Å². The summed E-state index contributed by atoms with van der Waals surface area (Å²) in [6, 6.07) is 14.8. The third-order valence-corrected chi connectivity index (χ3v) is 7.25. The molecule has 2 aliphatic rings. The van der Waals surface area contributed by atoms with Gasteiger partial charge in [-0.1, -0.05) is 12.1 Å². The number of hydrogen-bond donors (Lipinski definition) is 1. The summed E-state index contributed by atoms with van der Waals surface area (Å²) in [4.78, 5) is 21.7. The molecule has 184 valence electrons. The molecule has 1 N–H and O–H groups in total. The Balaban J connectivity index is 1.33. The number of rotatable bonds is 6. The topological polar surface area (TPSA) is 66.5 Å². The van der Waals surface area contributed by atoms with Crippen LogP contribution in [-0.2, 0) is 11.3 Å². The van der Waals surface area contributed by atoms with E-state index in [0.29, 0.717) is 26.2 Å². The fourth-order valence-electron chi connectivity index (χ4n) is 5.40. The van der Waals surface area contributed by atoms with E-state index in [2.05, 4.69) is 38.5 Å². The molecule has 0 unspecified atom stereocenters. The van der Waals surface area contributed by atoms with Crippen molar-refractivity contribution in [3.63, 3.8) is 0 Å². The molecule has 0 saturated carbocycles. The predicted molar refractivity (Wildman–Crippen MR) is 137 cm³/mol. The summed E-state index contributed by atoms with van der Waals surface area (Å²) < 4.78 is 17.7. The van der Waals surface area contributed by atoms with Crippen molar-refractivity contribution in [2.24, 2.45) is 5.92 Å².